The normalized spacial score (nSPS) is 13.5. The number of carbonyl (C=O) groups excluding carboxylic acids is 2. The van der Waals surface area contributed by atoms with E-state index in [9.17, 15) is 19.0 Å². The highest BCUT2D eigenvalue weighted by molar-refractivity contribution is 7.47. The average Bonchev–Trinajstić information content (AvgIpc) is 3.75. The number of hydrogen-bond acceptors (Lipinski definition) is 8. The lowest BCUT2D eigenvalue weighted by Gasteiger charge is -2.19. The zero-order valence-corrected chi connectivity index (χ0v) is 59.5. The van der Waals surface area contributed by atoms with Crippen LogP contribution in [0.4, 0.5) is 0 Å². The molecule has 0 spiro atoms. The fourth-order valence-corrected chi connectivity index (χ4v) is 11.6. The van der Waals surface area contributed by atoms with Crippen molar-refractivity contribution in [2.24, 2.45) is 5.73 Å². The van der Waals surface area contributed by atoms with Crippen LogP contribution in [-0.2, 0) is 32.7 Å². The third kappa shape index (κ3) is 73.7. The molecule has 0 saturated carbocycles. The molecule has 0 heterocycles. The van der Waals surface area contributed by atoms with E-state index in [1.54, 1.807) is 0 Å². The van der Waals surface area contributed by atoms with Crippen molar-refractivity contribution in [1.82, 2.24) is 0 Å². The molecule has 9 nitrogen and oxygen atoms in total. The van der Waals surface area contributed by atoms with E-state index in [2.05, 4.69) is 123 Å². The summed E-state index contributed by atoms with van der Waals surface area (Å²) in [6, 6.07) is 0. The maximum absolute atomic E-state index is 12.8. The van der Waals surface area contributed by atoms with Crippen molar-refractivity contribution in [3.8, 4) is 0 Å². The van der Waals surface area contributed by atoms with Crippen LogP contribution >= 0.6 is 7.82 Å². The molecule has 0 aliphatic heterocycles. The first-order valence-corrected chi connectivity index (χ1v) is 39.4. The molecular weight excluding hydrogens is 1130 g/mol. The summed E-state index contributed by atoms with van der Waals surface area (Å²) in [4.78, 5) is 35.4. The maximum atomic E-state index is 12.8. The molecule has 0 fully saturated rings. The van der Waals surface area contributed by atoms with E-state index in [1.807, 2.05) is 0 Å². The molecular formula is C80H142NO8P. The van der Waals surface area contributed by atoms with Crippen molar-refractivity contribution in [3.63, 3.8) is 0 Å². The minimum absolute atomic E-state index is 0.0494. The van der Waals surface area contributed by atoms with Crippen molar-refractivity contribution in [1.29, 1.82) is 0 Å². The van der Waals surface area contributed by atoms with Crippen LogP contribution in [0.3, 0.4) is 0 Å². The summed E-state index contributed by atoms with van der Waals surface area (Å²) in [6.07, 6.45) is 103. The van der Waals surface area contributed by atoms with Crippen LogP contribution in [0.2, 0.25) is 0 Å². The van der Waals surface area contributed by atoms with Crippen LogP contribution in [-0.4, -0.2) is 49.3 Å². The van der Waals surface area contributed by atoms with Crippen molar-refractivity contribution < 1.29 is 37.6 Å². The van der Waals surface area contributed by atoms with Crippen LogP contribution in [0.15, 0.2) is 109 Å². The van der Waals surface area contributed by atoms with Crippen molar-refractivity contribution in [2.75, 3.05) is 26.4 Å². The van der Waals surface area contributed by atoms with Crippen LogP contribution in [0.5, 0.6) is 0 Å². The average molecular weight is 1280 g/mol. The third-order valence-electron chi connectivity index (χ3n) is 16.4. The number of allylic oxidation sites excluding steroid dienone is 18. The summed E-state index contributed by atoms with van der Waals surface area (Å²) in [7, 11) is -4.40. The van der Waals surface area contributed by atoms with Crippen LogP contribution in [0, 0.1) is 0 Å². The van der Waals surface area contributed by atoms with E-state index >= 15 is 0 Å². The molecule has 0 aromatic rings. The molecule has 0 aromatic heterocycles. The van der Waals surface area contributed by atoms with Gasteiger partial charge in [-0.1, -0.05) is 367 Å². The summed E-state index contributed by atoms with van der Waals surface area (Å²) in [5.41, 5.74) is 5.41. The first-order valence-electron chi connectivity index (χ1n) is 37.9. The Morgan fingerprint density at radius 2 is 0.611 bits per heavy atom. The smallest absolute Gasteiger partial charge is 0.462 e. The van der Waals surface area contributed by atoms with Crippen LogP contribution in [0.1, 0.15) is 354 Å². The lowest BCUT2D eigenvalue weighted by molar-refractivity contribution is -0.161. The van der Waals surface area contributed by atoms with Gasteiger partial charge in [0.2, 0.25) is 0 Å². The highest BCUT2D eigenvalue weighted by atomic mass is 31.2. The van der Waals surface area contributed by atoms with E-state index in [0.29, 0.717) is 6.42 Å². The minimum atomic E-state index is -4.40. The Morgan fingerprint density at radius 3 is 0.911 bits per heavy atom. The molecule has 2 atom stereocenters. The maximum Gasteiger partial charge on any atom is 0.472 e. The number of rotatable bonds is 71. The quantitative estimate of drug-likeness (QED) is 0.0264. The third-order valence-corrected chi connectivity index (χ3v) is 17.4. The molecule has 0 aliphatic carbocycles. The number of ether oxygens (including phenoxy) is 2. The molecule has 0 rings (SSSR count). The summed E-state index contributed by atoms with van der Waals surface area (Å²) in [6.45, 7) is 3.67. The first kappa shape index (κ1) is 86.7. The predicted molar refractivity (Wildman–Crippen MR) is 390 cm³/mol. The molecule has 2 unspecified atom stereocenters. The van der Waals surface area contributed by atoms with Gasteiger partial charge in [0.15, 0.2) is 6.10 Å². The number of carbonyl (C=O) groups is 2. The zero-order chi connectivity index (χ0) is 65.1. The minimum Gasteiger partial charge on any atom is -0.462 e. The molecule has 0 saturated heterocycles. The van der Waals surface area contributed by atoms with Gasteiger partial charge in [0, 0.05) is 19.4 Å². The number of unbranched alkanes of at least 4 members (excludes halogenated alkanes) is 40. The second kappa shape index (κ2) is 74.7. The van der Waals surface area contributed by atoms with Gasteiger partial charge in [0.05, 0.1) is 13.2 Å². The lowest BCUT2D eigenvalue weighted by atomic mass is 10.0. The number of phosphoric acid groups is 1. The van der Waals surface area contributed by atoms with Crippen LogP contribution in [0.25, 0.3) is 0 Å². The molecule has 520 valence electrons. The number of hydrogen-bond donors (Lipinski definition) is 2. The van der Waals surface area contributed by atoms with Gasteiger partial charge in [-0.3, -0.25) is 18.6 Å². The highest BCUT2D eigenvalue weighted by Crippen LogP contribution is 2.43. The standard InChI is InChI=1S/C80H142NO8P/c1-3-5-7-9-11-13-15-17-19-21-23-25-27-29-31-33-35-37-38-39-40-41-43-45-47-49-51-53-55-57-59-61-63-65-67-69-71-73-80(83)89-78(77-88-90(84,85)87-75-74-81)76-86-79(82)72-70-68-66-64-62-60-58-56-54-52-50-48-46-44-42-36-34-32-30-28-26-24-22-20-18-16-14-12-10-8-6-4-2/h5,7,11,13,17,19,23,25,29,31,35,37,39-40,43,45,49,51,78H,3-4,6,8-10,12,14-16,18,20-22,24,26-28,30,32-34,36,38,41-42,44,46-48,50,52-77,81H2,1-2H3,(H,84,85)/b7-5-,13-11-,19-17-,25-23-,31-29-,37-35-,40-39-,45-43-,51-49-. The molecule has 90 heavy (non-hydrogen) atoms. The Bertz CT molecular complexity index is 1850. The van der Waals surface area contributed by atoms with E-state index in [0.717, 1.165) is 103 Å². The summed E-state index contributed by atoms with van der Waals surface area (Å²) in [5, 5.41) is 0. The molecule has 3 N–H and O–H groups in total. The van der Waals surface area contributed by atoms with Gasteiger partial charge >= 0.3 is 19.8 Å². The highest BCUT2D eigenvalue weighted by Gasteiger charge is 2.26. The Balaban J connectivity index is 3.88. The molecule has 10 heteroatoms. The van der Waals surface area contributed by atoms with Gasteiger partial charge < -0.3 is 20.1 Å². The molecule has 0 aliphatic rings. The summed E-state index contributed by atoms with van der Waals surface area (Å²) < 4.78 is 33.2. The lowest BCUT2D eigenvalue weighted by Crippen LogP contribution is -2.29. The molecule has 0 amide bonds. The monoisotopic (exact) mass is 1280 g/mol. The molecule has 0 bridgehead atoms. The second-order valence-electron chi connectivity index (χ2n) is 25.1. The SMILES string of the molecule is CC/C=C\C/C=C\C/C=C\C/C=C\C/C=C\C/C=C\C/C=C\C/C=C\C/C=C\CCCCCCCCCCCC(=O)OC(COC(=O)CCCCCCCCCCCCCCCCCCCCCCCCCCCCCCCCCC)COP(=O)(O)OCCN. The summed E-state index contributed by atoms with van der Waals surface area (Å²) in [5.74, 6) is -0.825. The molecule has 0 radical (unpaired) electrons. The topological polar surface area (TPSA) is 134 Å². The number of phosphoric ester groups is 1. The van der Waals surface area contributed by atoms with E-state index < -0.39 is 26.5 Å². The largest absolute Gasteiger partial charge is 0.472 e. The fourth-order valence-electron chi connectivity index (χ4n) is 10.9. The van der Waals surface area contributed by atoms with Gasteiger partial charge in [0.1, 0.15) is 6.61 Å². The Kier molecular flexibility index (Phi) is 71.9. The van der Waals surface area contributed by atoms with Gasteiger partial charge in [0.25, 0.3) is 0 Å². The van der Waals surface area contributed by atoms with Gasteiger partial charge in [-0.2, -0.15) is 0 Å². The Labute approximate surface area is 556 Å². The van der Waals surface area contributed by atoms with Gasteiger partial charge in [-0.15, -0.1) is 0 Å². The number of esters is 2. The predicted octanol–water partition coefficient (Wildman–Crippen LogP) is 25.3. The van der Waals surface area contributed by atoms with Crippen molar-refractivity contribution >= 4 is 19.8 Å². The fraction of sp³-hybridized carbons (Fsp3) is 0.750. The van der Waals surface area contributed by atoms with E-state index in [-0.39, 0.29) is 38.6 Å². The Hall–Kier alpha value is -3.33. The number of nitrogens with two attached hydrogens (primary N) is 1. The molecule has 0 aromatic carbocycles. The second-order valence-corrected chi connectivity index (χ2v) is 26.6. The van der Waals surface area contributed by atoms with Crippen molar-refractivity contribution in [3.05, 3.63) is 109 Å². The van der Waals surface area contributed by atoms with Crippen LogP contribution < -0.4 is 5.73 Å². The van der Waals surface area contributed by atoms with E-state index in [1.165, 1.54) is 218 Å². The Morgan fingerprint density at radius 1 is 0.344 bits per heavy atom. The van der Waals surface area contributed by atoms with E-state index in [4.69, 9.17) is 24.3 Å². The first-order chi connectivity index (χ1) is 44.3. The van der Waals surface area contributed by atoms with Crippen molar-refractivity contribution in [2.45, 2.75) is 360 Å². The summed E-state index contributed by atoms with van der Waals surface area (Å²) >= 11 is 0. The zero-order valence-electron chi connectivity index (χ0n) is 58.6. The van der Waals surface area contributed by atoms with Gasteiger partial charge in [-0.05, 0) is 83.5 Å². The van der Waals surface area contributed by atoms with Gasteiger partial charge in [-0.25, -0.2) is 4.57 Å².